The standard InChI is InChI=1S/C12H11FIN3/c13-11-4-2-1-3-9(11)5-6-15-12-16-7-10(14)8-17-12/h1-4,7-8H,5-6H2,(H,15,16,17). The second-order valence-electron chi connectivity index (χ2n) is 3.49. The van der Waals surface area contributed by atoms with E-state index in [0.717, 1.165) is 3.57 Å². The fraction of sp³-hybridized carbons (Fsp3) is 0.167. The largest absolute Gasteiger partial charge is 0.354 e. The number of benzene rings is 1. The molecular weight excluding hydrogens is 332 g/mol. The van der Waals surface area contributed by atoms with Crippen molar-refractivity contribution in [1.29, 1.82) is 0 Å². The van der Waals surface area contributed by atoms with E-state index in [0.29, 0.717) is 24.5 Å². The molecule has 3 nitrogen and oxygen atoms in total. The van der Waals surface area contributed by atoms with E-state index in [9.17, 15) is 4.39 Å². The summed E-state index contributed by atoms with van der Waals surface area (Å²) in [6, 6.07) is 6.77. The van der Waals surface area contributed by atoms with E-state index in [4.69, 9.17) is 0 Å². The molecule has 0 saturated carbocycles. The first-order valence-corrected chi connectivity index (χ1v) is 6.28. The highest BCUT2D eigenvalue weighted by atomic mass is 127. The highest BCUT2D eigenvalue weighted by molar-refractivity contribution is 14.1. The monoisotopic (exact) mass is 343 g/mol. The Morgan fingerprint density at radius 3 is 2.59 bits per heavy atom. The van der Waals surface area contributed by atoms with Gasteiger partial charge in [-0.05, 0) is 40.6 Å². The molecule has 0 amide bonds. The van der Waals surface area contributed by atoms with Crippen molar-refractivity contribution in [2.75, 3.05) is 11.9 Å². The van der Waals surface area contributed by atoms with Gasteiger partial charge >= 0.3 is 0 Å². The van der Waals surface area contributed by atoms with E-state index in [-0.39, 0.29) is 5.82 Å². The Kier molecular flexibility index (Phi) is 4.24. The average Bonchev–Trinajstić information content (AvgIpc) is 2.34. The highest BCUT2D eigenvalue weighted by Gasteiger charge is 2.00. The zero-order chi connectivity index (χ0) is 12.1. The number of nitrogens with zero attached hydrogens (tertiary/aromatic N) is 2. The minimum atomic E-state index is -0.169. The van der Waals surface area contributed by atoms with Crippen LogP contribution in [-0.4, -0.2) is 16.5 Å². The SMILES string of the molecule is Fc1ccccc1CCNc1ncc(I)cn1. The fourth-order valence-electron chi connectivity index (χ4n) is 1.41. The Labute approximate surface area is 113 Å². The van der Waals surface area contributed by atoms with Gasteiger partial charge in [-0.1, -0.05) is 18.2 Å². The van der Waals surface area contributed by atoms with Gasteiger partial charge in [0.25, 0.3) is 0 Å². The van der Waals surface area contributed by atoms with Crippen LogP contribution in [-0.2, 0) is 6.42 Å². The molecule has 0 bridgehead atoms. The van der Waals surface area contributed by atoms with Gasteiger partial charge in [0.05, 0.1) is 0 Å². The third kappa shape index (κ3) is 3.62. The molecule has 1 aromatic heterocycles. The molecule has 1 N–H and O–H groups in total. The Balaban J connectivity index is 1.88. The van der Waals surface area contributed by atoms with Crippen molar-refractivity contribution in [2.45, 2.75) is 6.42 Å². The topological polar surface area (TPSA) is 37.8 Å². The molecule has 0 atom stereocenters. The first-order chi connectivity index (χ1) is 8.25. The molecule has 0 saturated heterocycles. The van der Waals surface area contributed by atoms with Crippen LogP contribution < -0.4 is 5.32 Å². The van der Waals surface area contributed by atoms with Crippen molar-refractivity contribution in [3.8, 4) is 0 Å². The van der Waals surface area contributed by atoms with Crippen LogP contribution in [0.1, 0.15) is 5.56 Å². The van der Waals surface area contributed by atoms with E-state index < -0.39 is 0 Å². The van der Waals surface area contributed by atoms with Crippen LogP contribution in [0.15, 0.2) is 36.7 Å². The van der Waals surface area contributed by atoms with Crippen LogP contribution in [0.25, 0.3) is 0 Å². The molecule has 1 heterocycles. The van der Waals surface area contributed by atoms with Crippen molar-refractivity contribution in [1.82, 2.24) is 9.97 Å². The second kappa shape index (κ2) is 5.90. The molecule has 5 heteroatoms. The molecule has 0 aliphatic heterocycles. The summed E-state index contributed by atoms with van der Waals surface area (Å²) in [6.07, 6.45) is 4.08. The molecule has 0 fully saturated rings. The van der Waals surface area contributed by atoms with E-state index >= 15 is 0 Å². The van der Waals surface area contributed by atoms with E-state index in [1.54, 1.807) is 24.5 Å². The van der Waals surface area contributed by atoms with Crippen molar-refractivity contribution in [3.05, 3.63) is 51.6 Å². The van der Waals surface area contributed by atoms with Gasteiger partial charge < -0.3 is 5.32 Å². The number of halogens is 2. The van der Waals surface area contributed by atoms with Gasteiger partial charge in [0, 0.05) is 22.5 Å². The molecule has 2 rings (SSSR count). The number of anilines is 1. The summed E-state index contributed by atoms with van der Waals surface area (Å²) in [5.41, 5.74) is 0.700. The van der Waals surface area contributed by atoms with Crippen LogP contribution in [0.2, 0.25) is 0 Å². The maximum absolute atomic E-state index is 13.3. The van der Waals surface area contributed by atoms with Crippen molar-refractivity contribution in [2.24, 2.45) is 0 Å². The van der Waals surface area contributed by atoms with Gasteiger partial charge in [0.2, 0.25) is 5.95 Å². The molecule has 88 valence electrons. The first kappa shape index (κ1) is 12.2. The summed E-state index contributed by atoms with van der Waals surface area (Å²) in [5.74, 6) is 0.402. The lowest BCUT2D eigenvalue weighted by molar-refractivity contribution is 0.610. The summed E-state index contributed by atoms with van der Waals surface area (Å²) in [7, 11) is 0. The first-order valence-electron chi connectivity index (χ1n) is 5.20. The number of hydrogen-bond donors (Lipinski definition) is 1. The Hall–Kier alpha value is -1.24. The van der Waals surface area contributed by atoms with E-state index in [1.165, 1.54) is 6.07 Å². The quantitative estimate of drug-likeness (QED) is 0.868. The number of hydrogen-bond acceptors (Lipinski definition) is 3. The van der Waals surface area contributed by atoms with Crippen LogP contribution in [0, 0.1) is 9.39 Å². The minimum Gasteiger partial charge on any atom is -0.354 e. The van der Waals surface area contributed by atoms with Crippen LogP contribution in [0.5, 0.6) is 0 Å². The second-order valence-corrected chi connectivity index (χ2v) is 4.74. The maximum atomic E-state index is 13.3. The predicted molar refractivity (Wildman–Crippen MR) is 73.3 cm³/mol. The Morgan fingerprint density at radius 1 is 1.18 bits per heavy atom. The summed E-state index contributed by atoms with van der Waals surface area (Å²) in [5, 5.41) is 3.06. The molecule has 0 aliphatic rings. The highest BCUT2D eigenvalue weighted by Crippen LogP contribution is 2.07. The normalized spacial score (nSPS) is 10.2. The fourth-order valence-corrected chi connectivity index (χ4v) is 1.69. The lowest BCUT2D eigenvalue weighted by Gasteiger charge is -2.05. The summed E-state index contributed by atoms with van der Waals surface area (Å²) < 4.78 is 14.3. The summed E-state index contributed by atoms with van der Waals surface area (Å²) in [4.78, 5) is 8.22. The van der Waals surface area contributed by atoms with E-state index in [1.807, 2.05) is 6.07 Å². The zero-order valence-electron chi connectivity index (χ0n) is 9.03. The van der Waals surface area contributed by atoms with E-state index in [2.05, 4.69) is 37.9 Å². The molecule has 0 radical (unpaired) electrons. The Morgan fingerprint density at radius 2 is 1.88 bits per heavy atom. The molecule has 0 unspecified atom stereocenters. The van der Waals surface area contributed by atoms with Gasteiger partial charge in [0.1, 0.15) is 5.82 Å². The molecule has 0 aliphatic carbocycles. The molecule has 1 aromatic carbocycles. The summed E-state index contributed by atoms with van der Waals surface area (Å²) >= 11 is 2.15. The molecular formula is C12H11FIN3. The van der Waals surface area contributed by atoms with Crippen LogP contribution in [0.3, 0.4) is 0 Å². The maximum Gasteiger partial charge on any atom is 0.222 e. The third-order valence-corrected chi connectivity index (χ3v) is 2.81. The van der Waals surface area contributed by atoms with Crippen LogP contribution >= 0.6 is 22.6 Å². The smallest absolute Gasteiger partial charge is 0.222 e. The van der Waals surface area contributed by atoms with Gasteiger partial charge in [-0.2, -0.15) is 0 Å². The van der Waals surface area contributed by atoms with Gasteiger partial charge in [-0.3, -0.25) is 0 Å². The van der Waals surface area contributed by atoms with Gasteiger partial charge in [-0.15, -0.1) is 0 Å². The lowest BCUT2D eigenvalue weighted by Crippen LogP contribution is -2.08. The average molecular weight is 343 g/mol. The zero-order valence-corrected chi connectivity index (χ0v) is 11.2. The predicted octanol–water partition coefficient (Wildman–Crippen LogP) is 2.87. The lowest BCUT2D eigenvalue weighted by atomic mass is 10.1. The Bertz CT molecular complexity index is 487. The van der Waals surface area contributed by atoms with Crippen molar-refractivity contribution >= 4 is 28.5 Å². The molecule has 17 heavy (non-hydrogen) atoms. The van der Waals surface area contributed by atoms with Crippen molar-refractivity contribution in [3.63, 3.8) is 0 Å². The van der Waals surface area contributed by atoms with Gasteiger partial charge in [0.15, 0.2) is 0 Å². The number of nitrogens with one attached hydrogen (secondary N) is 1. The van der Waals surface area contributed by atoms with Crippen molar-refractivity contribution < 1.29 is 4.39 Å². The van der Waals surface area contributed by atoms with Gasteiger partial charge in [-0.25, -0.2) is 14.4 Å². The third-order valence-electron chi connectivity index (χ3n) is 2.26. The number of aromatic nitrogens is 2. The minimum absolute atomic E-state index is 0.169. The number of rotatable bonds is 4. The molecule has 0 spiro atoms. The van der Waals surface area contributed by atoms with Crippen LogP contribution in [0.4, 0.5) is 10.3 Å². The summed E-state index contributed by atoms with van der Waals surface area (Å²) in [6.45, 7) is 0.613. The molecule has 2 aromatic rings.